The summed E-state index contributed by atoms with van der Waals surface area (Å²) in [5, 5.41) is 0.723. The first kappa shape index (κ1) is 18.9. The minimum Gasteiger partial charge on any atom is -0.347 e. The molecule has 0 unspecified atom stereocenters. The standard InChI is InChI=1S/C19H19F3N4O/c1-12-4-7-24-18(19(20,21)22)14(12)10-15-13-6-9-26(11-17(27)25(2)3)16(13)5-8-23-15/h4-9H,10-11H2,1-3H3. The zero-order chi connectivity index (χ0) is 19.8. The van der Waals surface area contributed by atoms with Gasteiger partial charge < -0.3 is 9.47 Å². The van der Waals surface area contributed by atoms with E-state index in [-0.39, 0.29) is 24.4 Å². The van der Waals surface area contributed by atoms with Crippen LogP contribution in [0, 0.1) is 6.92 Å². The highest BCUT2D eigenvalue weighted by molar-refractivity contribution is 5.85. The van der Waals surface area contributed by atoms with E-state index in [9.17, 15) is 18.0 Å². The number of hydrogen-bond acceptors (Lipinski definition) is 3. The Bertz CT molecular complexity index is 992. The maximum atomic E-state index is 13.3. The fourth-order valence-electron chi connectivity index (χ4n) is 2.97. The van der Waals surface area contributed by atoms with Crippen molar-refractivity contribution >= 4 is 16.8 Å². The molecule has 3 rings (SSSR count). The number of likely N-dealkylation sites (N-methyl/N-ethyl adjacent to an activating group) is 1. The number of hydrogen-bond donors (Lipinski definition) is 0. The van der Waals surface area contributed by atoms with E-state index in [0.29, 0.717) is 11.3 Å². The van der Waals surface area contributed by atoms with E-state index in [4.69, 9.17) is 0 Å². The van der Waals surface area contributed by atoms with Gasteiger partial charge in [0.25, 0.3) is 0 Å². The van der Waals surface area contributed by atoms with Crippen molar-refractivity contribution in [3.8, 4) is 0 Å². The van der Waals surface area contributed by atoms with Crippen LogP contribution in [0.3, 0.4) is 0 Å². The highest BCUT2D eigenvalue weighted by Crippen LogP contribution is 2.33. The van der Waals surface area contributed by atoms with Crippen molar-refractivity contribution in [2.24, 2.45) is 0 Å². The average molecular weight is 376 g/mol. The molecule has 142 valence electrons. The SMILES string of the molecule is Cc1ccnc(C(F)(F)F)c1Cc1nccc2c1ccn2CC(=O)N(C)C. The maximum absolute atomic E-state index is 13.3. The van der Waals surface area contributed by atoms with Crippen molar-refractivity contribution in [3.05, 3.63) is 59.3 Å². The molecule has 27 heavy (non-hydrogen) atoms. The molecule has 0 atom stereocenters. The minimum atomic E-state index is -4.53. The molecule has 0 aliphatic rings. The van der Waals surface area contributed by atoms with Crippen LogP contribution < -0.4 is 0 Å². The quantitative estimate of drug-likeness (QED) is 0.701. The second-order valence-corrected chi connectivity index (χ2v) is 6.55. The first-order chi connectivity index (χ1) is 12.7. The van der Waals surface area contributed by atoms with Crippen LogP contribution in [0.2, 0.25) is 0 Å². The first-order valence-corrected chi connectivity index (χ1v) is 8.33. The molecule has 0 saturated carbocycles. The van der Waals surface area contributed by atoms with E-state index in [1.807, 2.05) is 0 Å². The van der Waals surface area contributed by atoms with Gasteiger partial charge in [-0.25, -0.2) is 0 Å². The molecule has 0 aromatic carbocycles. The van der Waals surface area contributed by atoms with Gasteiger partial charge in [-0.15, -0.1) is 0 Å². The second kappa shape index (κ2) is 7.02. The van der Waals surface area contributed by atoms with Crippen molar-refractivity contribution in [1.29, 1.82) is 0 Å². The lowest BCUT2D eigenvalue weighted by Crippen LogP contribution is -2.25. The topological polar surface area (TPSA) is 51.0 Å². The average Bonchev–Trinajstić information content (AvgIpc) is 2.99. The summed E-state index contributed by atoms with van der Waals surface area (Å²) in [4.78, 5) is 21.3. The third-order valence-corrected chi connectivity index (χ3v) is 4.49. The fourth-order valence-corrected chi connectivity index (χ4v) is 2.97. The van der Waals surface area contributed by atoms with Gasteiger partial charge in [-0.05, 0) is 36.2 Å². The summed E-state index contributed by atoms with van der Waals surface area (Å²) in [5.41, 5.74) is 1.01. The summed E-state index contributed by atoms with van der Waals surface area (Å²) in [6.45, 7) is 1.78. The minimum absolute atomic E-state index is 0.0114. The van der Waals surface area contributed by atoms with Crippen LogP contribution in [0.5, 0.6) is 0 Å². The third-order valence-electron chi connectivity index (χ3n) is 4.49. The molecule has 0 radical (unpaired) electrons. The first-order valence-electron chi connectivity index (χ1n) is 8.33. The van der Waals surface area contributed by atoms with Gasteiger partial charge in [-0.1, -0.05) is 0 Å². The monoisotopic (exact) mass is 376 g/mol. The van der Waals surface area contributed by atoms with Crippen molar-refractivity contribution < 1.29 is 18.0 Å². The molecule has 8 heteroatoms. The number of carbonyl (C=O) groups excluding carboxylic acids is 1. The smallest absolute Gasteiger partial charge is 0.347 e. The van der Waals surface area contributed by atoms with Crippen molar-refractivity contribution in [2.45, 2.75) is 26.1 Å². The summed E-state index contributed by atoms with van der Waals surface area (Å²) < 4.78 is 41.8. The van der Waals surface area contributed by atoms with Crippen LogP contribution in [0.15, 0.2) is 36.8 Å². The van der Waals surface area contributed by atoms with E-state index in [1.165, 1.54) is 11.1 Å². The number of amides is 1. The molecule has 5 nitrogen and oxygen atoms in total. The highest BCUT2D eigenvalue weighted by Gasteiger charge is 2.36. The van der Waals surface area contributed by atoms with Gasteiger partial charge >= 0.3 is 6.18 Å². The van der Waals surface area contributed by atoms with E-state index < -0.39 is 11.9 Å². The predicted molar refractivity (Wildman–Crippen MR) is 95.2 cm³/mol. The second-order valence-electron chi connectivity index (χ2n) is 6.55. The van der Waals surface area contributed by atoms with Gasteiger partial charge in [0.15, 0.2) is 0 Å². The number of pyridine rings is 2. The van der Waals surface area contributed by atoms with Gasteiger partial charge in [0.1, 0.15) is 12.2 Å². The fraction of sp³-hybridized carbons (Fsp3) is 0.316. The van der Waals surface area contributed by atoms with Gasteiger partial charge in [0.05, 0.1) is 11.2 Å². The summed E-state index contributed by atoms with van der Waals surface area (Å²) in [7, 11) is 3.34. The highest BCUT2D eigenvalue weighted by atomic mass is 19.4. The van der Waals surface area contributed by atoms with Crippen molar-refractivity contribution in [2.75, 3.05) is 14.1 Å². The Kier molecular flexibility index (Phi) is 4.91. The molecule has 0 N–H and O–H groups in total. The lowest BCUT2D eigenvalue weighted by atomic mass is 10.0. The molecule has 3 aromatic heterocycles. The Morgan fingerprint density at radius 2 is 1.85 bits per heavy atom. The van der Waals surface area contributed by atoms with Gasteiger partial charge in [-0.3, -0.25) is 14.8 Å². The number of alkyl halides is 3. The Morgan fingerprint density at radius 1 is 1.15 bits per heavy atom. The zero-order valence-corrected chi connectivity index (χ0v) is 15.2. The zero-order valence-electron chi connectivity index (χ0n) is 15.2. The number of carbonyl (C=O) groups is 1. The lowest BCUT2D eigenvalue weighted by Gasteiger charge is -2.14. The predicted octanol–water partition coefficient (Wildman–Crippen LogP) is 3.44. The number of nitrogens with zero attached hydrogens (tertiary/aromatic N) is 4. The molecular weight excluding hydrogens is 357 g/mol. The molecule has 0 spiro atoms. The molecule has 1 amide bonds. The summed E-state index contributed by atoms with van der Waals surface area (Å²) in [5.74, 6) is -0.0756. The number of halogens is 3. The summed E-state index contributed by atoms with van der Waals surface area (Å²) in [6, 6.07) is 5.09. The Labute approximate surface area is 154 Å². The van der Waals surface area contributed by atoms with E-state index in [0.717, 1.165) is 10.9 Å². The molecule has 3 aromatic rings. The normalized spacial score (nSPS) is 11.8. The van der Waals surface area contributed by atoms with Crippen LogP contribution in [0.4, 0.5) is 13.2 Å². The molecule has 0 aliphatic carbocycles. The Balaban J connectivity index is 2.03. The van der Waals surface area contributed by atoms with Crippen LogP contribution in [0.1, 0.15) is 22.5 Å². The largest absolute Gasteiger partial charge is 0.433 e. The van der Waals surface area contributed by atoms with E-state index in [1.54, 1.807) is 56.2 Å². The van der Waals surface area contributed by atoms with Crippen molar-refractivity contribution in [1.82, 2.24) is 19.4 Å². The molecule has 0 fully saturated rings. The Hall–Kier alpha value is -2.90. The van der Waals surface area contributed by atoms with Crippen LogP contribution >= 0.6 is 0 Å². The number of aromatic nitrogens is 3. The van der Waals surface area contributed by atoms with E-state index >= 15 is 0 Å². The van der Waals surface area contributed by atoms with Gasteiger partial charge in [0, 0.05) is 44.5 Å². The number of fused-ring (bicyclic) bond motifs is 1. The molecule has 0 bridgehead atoms. The number of aryl methyl sites for hydroxylation is 1. The molecule has 3 heterocycles. The van der Waals surface area contributed by atoms with Crippen molar-refractivity contribution in [3.63, 3.8) is 0 Å². The van der Waals surface area contributed by atoms with Crippen LogP contribution in [-0.4, -0.2) is 39.4 Å². The molecular formula is C19H19F3N4O. The van der Waals surface area contributed by atoms with E-state index in [2.05, 4.69) is 9.97 Å². The summed E-state index contributed by atoms with van der Waals surface area (Å²) >= 11 is 0. The maximum Gasteiger partial charge on any atom is 0.433 e. The van der Waals surface area contributed by atoms with Crippen LogP contribution in [0.25, 0.3) is 10.9 Å². The number of rotatable bonds is 4. The van der Waals surface area contributed by atoms with Crippen LogP contribution in [-0.2, 0) is 23.9 Å². The third kappa shape index (κ3) is 3.79. The van der Waals surface area contributed by atoms with Gasteiger partial charge in [-0.2, -0.15) is 13.2 Å². The molecule has 0 aliphatic heterocycles. The summed E-state index contributed by atoms with van der Waals surface area (Å²) in [6.07, 6.45) is -0.0545. The van der Waals surface area contributed by atoms with Gasteiger partial charge in [0.2, 0.25) is 5.91 Å². The molecule has 0 saturated heterocycles. The Morgan fingerprint density at radius 3 is 2.52 bits per heavy atom. The lowest BCUT2D eigenvalue weighted by molar-refractivity contribution is -0.141.